The minimum atomic E-state index is -1.15. The average Bonchev–Trinajstić information content (AvgIpc) is 2.95. The number of methoxy groups -OCH3 is 1. The van der Waals surface area contributed by atoms with Crippen LogP contribution in [0, 0.1) is 6.92 Å². The van der Waals surface area contributed by atoms with Crippen LogP contribution in [-0.4, -0.2) is 61.8 Å². The van der Waals surface area contributed by atoms with E-state index in [1.807, 2.05) is 6.92 Å². The highest BCUT2D eigenvalue weighted by molar-refractivity contribution is 8.02. The van der Waals surface area contributed by atoms with Gasteiger partial charge in [-0.1, -0.05) is 34.9 Å². The van der Waals surface area contributed by atoms with Gasteiger partial charge in [0.1, 0.15) is 27.6 Å². The number of carboxylic acids is 1. The van der Waals surface area contributed by atoms with Crippen molar-refractivity contribution < 1.29 is 19.4 Å². The molecular formula is C12H14N4O4S3. The molecule has 1 aromatic rings. The minimum absolute atomic E-state index is 0.0268. The molecule has 3 heterocycles. The Labute approximate surface area is 144 Å². The number of aromatic nitrogens is 2. The fraction of sp³-hybridized carbons (Fsp3) is 0.500. The number of carbonyl (C=O) groups excluding carboxylic acids is 1. The number of fused-ring (bicyclic) bond motifs is 1. The number of β-lactam (4-membered cyclic amide) rings is 1. The number of nitrogens with zero attached hydrogens (tertiary/aromatic N) is 3. The van der Waals surface area contributed by atoms with Crippen LogP contribution >= 0.6 is 34.9 Å². The molecule has 11 heteroatoms. The van der Waals surface area contributed by atoms with Crippen molar-refractivity contribution in [2.24, 2.45) is 5.73 Å². The number of nitrogens with two attached hydrogens (primary N) is 1. The summed E-state index contributed by atoms with van der Waals surface area (Å²) in [5, 5.41) is 17.9. The van der Waals surface area contributed by atoms with E-state index in [1.54, 1.807) is 0 Å². The second kappa shape index (κ2) is 6.40. The molecule has 1 fully saturated rings. The highest BCUT2D eigenvalue weighted by Gasteiger charge is 2.54. The fourth-order valence-corrected chi connectivity index (χ4v) is 5.70. The zero-order chi connectivity index (χ0) is 16.7. The number of aryl methyl sites for hydroxylation is 1. The van der Waals surface area contributed by atoms with Crippen LogP contribution in [0.2, 0.25) is 0 Å². The van der Waals surface area contributed by atoms with Crippen molar-refractivity contribution in [3.8, 4) is 0 Å². The molecule has 23 heavy (non-hydrogen) atoms. The first-order chi connectivity index (χ1) is 10.9. The van der Waals surface area contributed by atoms with Crippen LogP contribution in [-0.2, 0) is 14.3 Å². The molecule has 3 rings (SSSR count). The molecule has 0 bridgehead atoms. The lowest BCUT2D eigenvalue weighted by Crippen LogP contribution is -2.69. The Morgan fingerprint density at radius 2 is 2.26 bits per heavy atom. The molecule has 124 valence electrons. The predicted molar refractivity (Wildman–Crippen MR) is 87.0 cm³/mol. The Hall–Kier alpha value is -1.14. The molecule has 3 unspecified atom stereocenters. The summed E-state index contributed by atoms with van der Waals surface area (Å²) < 4.78 is 6.16. The zero-order valence-corrected chi connectivity index (χ0v) is 14.7. The van der Waals surface area contributed by atoms with Crippen molar-refractivity contribution in [2.75, 3.05) is 12.9 Å². The third-order valence-corrected chi connectivity index (χ3v) is 6.98. The highest BCUT2D eigenvalue weighted by Crippen LogP contribution is 2.45. The number of hydrogen-bond acceptors (Lipinski definition) is 9. The van der Waals surface area contributed by atoms with E-state index in [0.717, 1.165) is 9.35 Å². The van der Waals surface area contributed by atoms with Gasteiger partial charge in [-0.25, -0.2) is 4.79 Å². The van der Waals surface area contributed by atoms with Crippen LogP contribution in [0.25, 0.3) is 0 Å². The summed E-state index contributed by atoms with van der Waals surface area (Å²) in [4.78, 5) is 24.9. The number of thioether (sulfide) groups is 2. The standard InChI is InChI=1S/C12H14N4O4S3/c1-4-14-15-12(22-4)21-3-5-7(10(18)19)16-8(17)6(13)9(16)23-11(5)20-2/h6,9,11H,3,13H2,1-2H3,(H,18,19). The molecule has 0 aliphatic carbocycles. The number of rotatable bonds is 5. The first-order valence-electron chi connectivity index (χ1n) is 6.60. The number of amides is 1. The van der Waals surface area contributed by atoms with Gasteiger partial charge in [-0.15, -0.1) is 10.2 Å². The van der Waals surface area contributed by atoms with Gasteiger partial charge in [-0.3, -0.25) is 9.69 Å². The van der Waals surface area contributed by atoms with E-state index in [1.165, 1.54) is 46.9 Å². The maximum absolute atomic E-state index is 12.0. The van der Waals surface area contributed by atoms with E-state index in [2.05, 4.69) is 10.2 Å². The van der Waals surface area contributed by atoms with Crippen LogP contribution in [0.5, 0.6) is 0 Å². The van der Waals surface area contributed by atoms with Gasteiger partial charge < -0.3 is 15.6 Å². The van der Waals surface area contributed by atoms with Crippen molar-refractivity contribution in [3.63, 3.8) is 0 Å². The van der Waals surface area contributed by atoms with Crippen molar-refractivity contribution in [3.05, 3.63) is 16.3 Å². The summed E-state index contributed by atoms with van der Waals surface area (Å²) in [7, 11) is 1.51. The van der Waals surface area contributed by atoms with Crippen molar-refractivity contribution in [2.45, 2.75) is 28.1 Å². The molecule has 2 aliphatic heterocycles. The van der Waals surface area contributed by atoms with Gasteiger partial charge in [0.2, 0.25) is 5.91 Å². The Morgan fingerprint density at radius 3 is 2.83 bits per heavy atom. The van der Waals surface area contributed by atoms with Gasteiger partial charge in [-0.05, 0) is 6.92 Å². The van der Waals surface area contributed by atoms with Gasteiger partial charge in [-0.2, -0.15) is 0 Å². The summed E-state index contributed by atoms with van der Waals surface area (Å²) in [6.07, 6.45) is 0. The second-order valence-corrected chi connectivity index (χ2v) is 8.47. The van der Waals surface area contributed by atoms with Crippen molar-refractivity contribution in [1.82, 2.24) is 15.1 Å². The maximum Gasteiger partial charge on any atom is 0.352 e. The molecule has 3 atom stereocenters. The quantitative estimate of drug-likeness (QED) is 0.560. The highest BCUT2D eigenvalue weighted by atomic mass is 32.2. The lowest BCUT2D eigenvalue weighted by atomic mass is 10.0. The third kappa shape index (κ3) is 2.87. The van der Waals surface area contributed by atoms with Crippen LogP contribution in [0.15, 0.2) is 15.6 Å². The van der Waals surface area contributed by atoms with Crippen LogP contribution < -0.4 is 5.73 Å². The summed E-state index contributed by atoms with van der Waals surface area (Å²) >= 11 is 4.17. The minimum Gasteiger partial charge on any atom is -0.477 e. The Morgan fingerprint density at radius 1 is 1.52 bits per heavy atom. The summed E-state index contributed by atoms with van der Waals surface area (Å²) in [5.74, 6) is -1.17. The third-order valence-electron chi connectivity index (χ3n) is 3.45. The topological polar surface area (TPSA) is 119 Å². The zero-order valence-electron chi connectivity index (χ0n) is 12.3. The molecular weight excluding hydrogens is 360 g/mol. The SMILES string of the molecule is COC1SC2C(N)C(=O)N2C(C(=O)O)=C1CSc1nnc(C)s1. The number of aliphatic carboxylic acids is 1. The lowest BCUT2D eigenvalue weighted by molar-refractivity contribution is -0.148. The van der Waals surface area contributed by atoms with Gasteiger partial charge in [0, 0.05) is 18.4 Å². The molecule has 0 saturated carbocycles. The van der Waals surface area contributed by atoms with E-state index in [4.69, 9.17) is 10.5 Å². The largest absolute Gasteiger partial charge is 0.477 e. The molecule has 0 radical (unpaired) electrons. The number of ether oxygens (including phenoxy) is 1. The number of hydrogen-bond donors (Lipinski definition) is 2. The smallest absolute Gasteiger partial charge is 0.352 e. The van der Waals surface area contributed by atoms with Gasteiger partial charge in [0.25, 0.3) is 0 Å². The summed E-state index contributed by atoms with van der Waals surface area (Å²) in [5.41, 5.74) is 5.82. The first kappa shape index (κ1) is 16.7. The molecule has 0 spiro atoms. The summed E-state index contributed by atoms with van der Waals surface area (Å²) in [6.45, 7) is 1.85. The molecule has 0 aromatic carbocycles. The van der Waals surface area contributed by atoms with Crippen LogP contribution in [0.4, 0.5) is 0 Å². The molecule has 1 aromatic heterocycles. The van der Waals surface area contributed by atoms with E-state index >= 15 is 0 Å². The van der Waals surface area contributed by atoms with Gasteiger partial charge >= 0.3 is 5.97 Å². The normalized spacial score (nSPS) is 27.0. The van der Waals surface area contributed by atoms with Crippen molar-refractivity contribution in [1.29, 1.82) is 0 Å². The molecule has 1 amide bonds. The second-order valence-electron chi connectivity index (χ2n) is 4.88. The maximum atomic E-state index is 12.0. The molecule has 1 saturated heterocycles. The Kier molecular flexibility index (Phi) is 4.65. The average molecular weight is 374 g/mol. The van der Waals surface area contributed by atoms with Crippen LogP contribution in [0.1, 0.15) is 5.01 Å². The number of carbonyl (C=O) groups is 2. The van der Waals surface area contributed by atoms with Crippen molar-refractivity contribution >= 4 is 46.7 Å². The monoisotopic (exact) mass is 374 g/mol. The summed E-state index contributed by atoms with van der Waals surface area (Å²) in [6, 6.07) is -0.688. The fourth-order valence-electron chi connectivity index (χ4n) is 2.40. The van der Waals surface area contributed by atoms with Gasteiger partial charge in [0.05, 0.1) is 0 Å². The Bertz CT molecular complexity index is 692. The van der Waals surface area contributed by atoms with E-state index < -0.39 is 22.8 Å². The Balaban J connectivity index is 1.90. The molecule has 8 nitrogen and oxygen atoms in total. The first-order valence-corrected chi connectivity index (χ1v) is 9.34. The van der Waals surface area contributed by atoms with E-state index in [9.17, 15) is 14.7 Å². The lowest BCUT2D eigenvalue weighted by Gasteiger charge is -2.49. The van der Waals surface area contributed by atoms with Gasteiger partial charge in [0.15, 0.2) is 4.34 Å². The molecule has 2 aliphatic rings. The predicted octanol–water partition coefficient (Wildman–Crippen LogP) is 0.492. The molecule has 3 N–H and O–H groups in total. The van der Waals surface area contributed by atoms with E-state index in [-0.39, 0.29) is 11.6 Å². The number of carboxylic acid groups (broad SMARTS) is 1. The van der Waals surface area contributed by atoms with Crippen LogP contribution in [0.3, 0.4) is 0 Å². The van der Waals surface area contributed by atoms with E-state index in [0.29, 0.717) is 11.3 Å².